The lowest BCUT2D eigenvalue weighted by Crippen LogP contribution is -2.58. The van der Waals surface area contributed by atoms with Crippen molar-refractivity contribution in [3.05, 3.63) is 24.3 Å². The van der Waals surface area contributed by atoms with Crippen LogP contribution in [-0.4, -0.2) is 43.2 Å². The van der Waals surface area contributed by atoms with Crippen LogP contribution < -0.4 is 15.4 Å². The molecule has 0 radical (unpaired) electrons. The largest absolute Gasteiger partial charge is 0.495 e. The summed E-state index contributed by atoms with van der Waals surface area (Å²) in [5.74, 6) is 0.682. The van der Waals surface area contributed by atoms with Crippen molar-refractivity contribution >= 4 is 11.7 Å². The highest BCUT2D eigenvalue weighted by molar-refractivity contribution is 5.91. The minimum absolute atomic E-state index is 0.0497. The molecule has 2 N–H and O–H groups in total. The monoisotopic (exact) mass is 291 g/mol. The van der Waals surface area contributed by atoms with E-state index >= 15 is 0 Å². The van der Waals surface area contributed by atoms with E-state index in [0.29, 0.717) is 17.5 Å². The lowest BCUT2D eigenvalue weighted by Gasteiger charge is -2.39. The van der Waals surface area contributed by atoms with Crippen molar-refractivity contribution in [3.63, 3.8) is 0 Å². The second-order valence-electron chi connectivity index (χ2n) is 5.36. The maximum atomic E-state index is 12.6. The number of benzene rings is 1. The molecule has 2 unspecified atom stereocenters. The van der Waals surface area contributed by atoms with E-state index in [1.54, 1.807) is 7.11 Å². The minimum atomic E-state index is -0.0497. The first-order valence-corrected chi connectivity index (χ1v) is 7.63. The molecule has 0 aromatic heterocycles. The van der Waals surface area contributed by atoms with Gasteiger partial charge < -0.3 is 20.3 Å². The fourth-order valence-corrected chi connectivity index (χ4v) is 2.69. The summed E-state index contributed by atoms with van der Waals surface area (Å²) in [5, 5.41) is 6.47. The Balaban J connectivity index is 2.09. The standard InChI is InChI=1S/C16H25N3O2/c1-4-12-11-19(13(5-2)10-17-12)16(20)18-14-8-6-7-9-15(14)21-3/h6-9,12-13,17H,4-5,10-11H2,1-3H3,(H,18,20). The molecule has 0 bridgehead atoms. The van der Waals surface area contributed by atoms with Gasteiger partial charge in [0.2, 0.25) is 0 Å². The highest BCUT2D eigenvalue weighted by Crippen LogP contribution is 2.24. The highest BCUT2D eigenvalue weighted by Gasteiger charge is 2.29. The van der Waals surface area contributed by atoms with Gasteiger partial charge in [-0.1, -0.05) is 26.0 Å². The average Bonchev–Trinajstić information content (AvgIpc) is 2.54. The summed E-state index contributed by atoms with van der Waals surface area (Å²) in [4.78, 5) is 14.5. The molecule has 5 heteroatoms. The van der Waals surface area contributed by atoms with Crippen molar-refractivity contribution in [3.8, 4) is 5.75 Å². The summed E-state index contributed by atoms with van der Waals surface area (Å²) >= 11 is 0. The summed E-state index contributed by atoms with van der Waals surface area (Å²) in [7, 11) is 1.61. The van der Waals surface area contributed by atoms with Crippen molar-refractivity contribution in [2.45, 2.75) is 38.8 Å². The highest BCUT2D eigenvalue weighted by atomic mass is 16.5. The van der Waals surface area contributed by atoms with Crippen LogP contribution in [-0.2, 0) is 0 Å². The van der Waals surface area contributed by atoms with Gasteiger partial charge in [-0.3, -0.25) is 0 Å². The number of para-hydroxylation sites is 2. The van der Waals surface area contributed by atoms with Crippen LogP contribution in [0, 0.1) is 0 Å². The first-order chi connectivity index (χ1) is 10.2. The van der Waals surface area contributed by atoms with Crippen LogP contribution in [0.25, 0.3) is 0 Å². The van der Waals surface area contributed by atoms with Gasteiger partial charge in [-0.05, 0) is 25.0 Å². The number of hydrogen-bond acceptors (Lipinski definition) is 3. The average molecular weight is 291 g/mol. The number of methoxy groups -OCH3 is 1. The van der Waals surface area contributed by atoms with Crippen molar-refractivity contribution in [2.24, 2.45) is 0 Å². The predicted molar refractivity (Wildman–Crippen MR) is 84.9 cm³/mol. The van der Waals surface area contributed by atoms with Gasteiger partial charge in [0.05, 0.1) is 12.8 Å². The molecule has 2 atom stereocenters. The van der Waals surface area contributed by atoms with E-state index in [-0.39, 0.29) is 12.1 Å². The van der Waals surface area contributed by atoms with Crippen molar-refractivity contribution in [1.82, 2.24) is 10.2 Å². The summed E-state index contributed by atoms with van der Waals surface area (Å²) in [6.07, 6.45) is 1.97. The van der Waals surface area contributed by atoms with Crippen LogP contribution in [0.2, 0.25) is 0 Å². The Kier molecular flexibility index (Phi) is 5.44. The molecule has 1 heterocycles. The van der Waals surface area contributed by atoms with Gasteiger partial charge in [-0.15, -0.1) is 0 Å². The van der Waals surface area contributed by atoms with E-state index in [9.17, 15) is 4.79 Å². The molecule has 1 aliphatic rings. The Bertz CT molecular complexity index is 478. The number of carbonyl (C=O) groups excluding carboxylic acids is 1. The third-order valence-corrected chi connectivity index (χ3v) is 4.07. The van der Waals surface area contributed by atoms with Crippen molar-refractivity contribution in [2.75, 3.05) is 25.5 Å². The summed E-state index contributed by atoms with van der Waals surface area (Å²) in [6, 6.07) is 8.05. The zero-order valence-corrected chi connectivity index (χ0v) is 13.1. The summed E-state index contributed by atoms with van der Waals surface area (Å²) in [6.45, 7) is 5.85. The zero-order valence-electron chi connectivity index (χ0n) is 13.1. The molecule has 1 aromatic carbocycles. The van der Waals surface area contributed by atoms with E-state index in [1.165, 1.54) is 0 Å². The number of nitrogens with one attached hydrogen (secondary N) is 2. The number of nitrogens with zero attached hydrogens (tertiary/aromatic N) is 1. The molecule has 1 aliphatic heterocycles. The molecular weight excluding hydrogens is 266 g/mol. The first-order valence-electron chi connectivity index (χ1n) is 7.63. The maximum Gasteiger partial charge on any atom is 0.322 e. The van der Waals surface area contributed by atoms with Crippen LogP contribution in [0.5, 0.6) is 5.75 Å². The third kappa shape index (κ3) is 3.67. The van der Waals surface area contributed by atoms with Gasteiger partial charge in [0.25, 0.3) is 0 Å². The molecule has 116 valence electrons. The molecule has 5 nitrogen and oxygen atoms in total. The Morgan fingerprint density at radius 3 is 2.81 bits per heavy atom. The molecule has 0 aliphatic carbocycles. The van der Waals surface area contributed by atoms with Crippen LogP contribution in [0.1, 0.15) is 26.7 Å². The molecule has 0 spiro atoms. The Labute approximate surface area is 126 Å². The van der Waals surface area contributed by atoms with E-state index < -0.39 is 0 Å². The van der Waals surface area contributed by atoms with Gasteiger partial charge in [-0.25, -0.2) is 4.79 Å². The number of hydrogen-bond donors (Lipinski definition) is 2. The van der Waals surface area contributed by atoms with Crippen LogP contribution in [0.4, 0.5) is 10.5 Å². The fraction of sp³-hybridized carbons (Fsp3) is 0.562. The second-order valence-corrected chi connectivity index (χ2v) is 5.36. The number of ether oxygens (including phenoxy) is 1. The van der Waals surface area contributed by atoms with Gasteiger partial charge in [0.1, 0.15) is 5.75 Å². The van der Waals surface area contributed by atoms with Gasteiger partial charge in [-0.2, -0.15) is 0 Å². The maximum absolute atomic E-state index is 12.6. The smallest absolute Gasteiger partial charge is 0.322 e. The molecule has 1 aromatic rings. The van der Waals surface area contributed by atoms with Crippen LogP contribution in [0.15, 0.2) is 24.3 Å². The normalized spacial score (nSPS) is 22.0. The SMILES string of the molecule is CCC1CN(C(=O)Nc2ccccc2OC)C(CC)CN1. The number of carbonyl (C=O) groups is 1. The van der Waals surface area contributed by atoms with Crippen LogP contribution >= 0.6 is 0 Å². The van der Waals surface area contributed by atoms with E-state index in [4.69, 9.17) is 4.74 Å². The fourth-order valence-electron chi connectivity index (χ4n) is 2.69. The quantitative estimate of drug-likeness (QED) is 0.897. The van der Waals surface area contributed by atoms with Gasteiger partial charge in [0.15, 0.2) is 0 Å². The predicted octanol–water partition coefficient (Wildman–Crippen LogP) is 2.69. The Hall–Kier alpha value is -1.75. The third-order valence-electron chi connectivity index (χ3n) is 4.07. The minimum Gasteiger partial charge on any atom is -0.495 e. The van der Waals surface area contributed by atoms with E-state index in [1.807, 2.05) is 29.2 Å². The number of anilines is 1. The van der Waals surface area contributed by atoms with Crippen molar-refractivity contribution < 1.29 is 9.53 Å². The first kappa shape index (κ1) is 15.6. The molecule has 1 fully saturated rings. The number of rotatable bonds is 4. The number of urea groups is 1. The molecule has 2 amide bonds. The van der Waals surface area contributed by atoms with E-state index in [2.05, 4.69) is 24.5 Å². The second kappa shape index (κ2) is 7.31. The Morgan fingerprint density at radius 2 is 2.14 bits per heavy atom. The number of amides is 2. The van der Waals surface area contributed by atoms with Crippen LogP contribution in [0.3, 0.4) is 0 Å². The zero-order chi connectivity index (χ0) is 15.2. The van der Waals surface area contributed by atoms with E-state index in [0.717, 1.165) is 25.9 Å². The topological polar surface area (TPSA) is 53.6 Å². The summed E-state index contributed by atoms with van der Waals surface area (Å²) in [5.41, 5.74) is 0.714. The lowest BCUT2D eigenvalue weighted by molar-refractivity contribution is 0.147. The number of piperazine rings is 1. The molecular formula is C16H25N3O2. The molecule has 1 saturated heterocycles. The Morgan fingerprint density at radius 1 is 1.38 bits per heavy atom. The summed E-state index contributed by atoms with van der Waals surface area (Å²) < 4.78 is 5.28. The van der Waals surface area contributed by atoms with Gasteiger partial charge in [0, 0.05) is 25.2 Å². The van der Waals surface area contributed by atoms with Crippen molar-refractivity contribution in [1.29, 1.82) is 0 Å². The molecule has 21 heavy (non-hydrogen) atoms. The molecule has 2 rings (SSSR count). The van der Waals surface area contributed by atoms with Gasteiger partial charge >= 0.3 is 6.03 Å². The molecule has 0 saturated carbocycles. The lowest BCUT2D eigenvalue weighted by atomic mass is 10.1.